The molecule has 0 aliphatic heterocycles. The van der Waals surface area contributed by atoms with Gasteiger partial charge in [-0.15, -0.1) is 0 Å². The summed E-state index contributed by atoms with van der Waals surface area (Å²) in [5, 5.41) is 4.66. The summed E-state index contributed by atoms with van der Waals surface area (Å²) in [7, 11) is 0. The standard InChI is InChI=1S/C17H21N3O/c1-17(2,3)18-16(21)19-20(14-10-6-4-7-11-14)15-12-8-5-9-13-15/h4-13H,1-3H3,(H2,18,19,21). The average Bonchev–Trinajstić information content (AvgIpc) is 2.45. The highest BCUT2D eigenvalue weighted by molar-refractivity contribution is 5.79. The molecule has 2 N–H and O–H groups in total. The average molecular weight is 283 g/mol. The number of benzene rings is 2. The summed E-state index contributed by atoms with van der Waals surface area (Å²) in [6.07, 6.45) is 0. The van der Waals surface area contributed by atoms with E-state index in [4.69, 9.17) is 0 Å². The fraction of sp³-hybridized carbons (Fsp3) is 0.235. The summed E-state index contributed by atoms with van der Waals surface area (Å²) in [6.45, 7) is 5.84. The molecule has 0 radical (unpaired) electrons. The van der Waals surface area contributed by atoms with E-state index in [2.05, 4.69) is 10.7 Å². The lowest BCUT2D eigenvalue weighted by atomic mass is 10.1. The molecule has 21 heavy (non-hydrogen) atoms. The Bertz CT molecular complexity index is 536. The molecule has 0 fully saturated rings. The Balaban J connectivity index is 2.24. The second kappa shape index (κ2) is 6.31. The minimum absolute atomic E-state index is 0.241. The normalized spacial score (nSPS) is 10.8. The van der Waals surface area contributed by atoms with E-state index in [1.807, 2.05) is 81.4 Å². The molecule has 4 heteroatoms. The number of nitrogens with zero attached hydrogens (tertiary/aromatic N) is 1. The van der Waals surface area contributed by atoms with Crippen LogP contribution in [0.25, 0.3) is 0 Å². The fourth-order valence-electron chi connectivity index (χ4n) is 1.90. The Hall–Kier alpha value is -2.49. The molecule has 0 unspecified atom stereocenters. The van der Waals surface area contributed by atoms with Gasteiger partial charge < -0.3 is 5.32 Å². The number of anilines is 2. The first-order valence-corrected chi connectivity index (χ1v) is 6.95. The Morgan fingerprint density at radius 1 is 0.857 bits per heavy atom. The molecule has 4 nitrogen and oxygen atoms in total. The van der Waals surface area contributed by atoms with E-state index >= 15 is 0 Å². The Morgan fingerprint density at radius 2 is 1.29 bits per heavy atom. The predicted octanol–water partition coefficient (Wildman–Crippen LogP) is 3.84. The number of carbonyl (C=O) groups excluding carboxylic acids is 1. The van der Waals surface area contributed by atoms with E-state index in [0.717, 1.165) is 11.4 Å². The van der Waals surface area contributed by atoms with Crippen molar-refractivity contribution in [3.05, 3.63) is 60.7 Å². The molecule has 110 valence electrons. The summed E-state index contributed by atoms with van der Waals surface area (Å²) in [5.74, 6) is 0. The zero-order chi connectivity index (χ0) is 15.3. The Morgan fingerprint density at radius 3 is 1.67 bits per heavy atom. The van der Waals surface area contributed by atoms with Crippen LogP contribution in [0.1, 0.15) is 20.8 Å². The number of hydrogen-bond donors (Lipinski definition) is 2. The number of urea groups is 1. The van der Waals surface area contributed by atoms with Crippen molar-refractivity contribution >= 4 is 17.4 Å². The number of carbonyl (C=O) groups is 1. The number of rotatable bonds is 3. The van der Waals surface area contributed by atoms with E-state index in [9.17, 15) is 4.79 Å². The van der Waals surface area contributed by atoms with Gasteiger partial charge >= 0.3 is 6.03 Å². The van der Waals surface area contributed by atoms with Crippen molar-refractivity contribution in [2.75, 3.05) is 5.01 Å². The molecule has 0 saturated carbocycles. The van der Waals surface area contributed by atoms with E-state index in [-0.39, 0.29) is 11.6 Å². The van der Waals surface area contributed by atoms with Crippen LogP contribution >= 0.6 is 0 Å². The smallest absolute Gasteiger partial charge is 0.332 e. The van der Waals surface area contributed by atoms with E-state index in [1.165, 1.54) is 0 Å². The SMILES string of the molecule is CC(C)(C)NC(=O)NN(c1ccccc1)c1ccccc1. The summed E-state index contributed by atoms with van der Waals surface area (Å²) in [4.78, 5) is 12.2. The minimum atomic E-state index is -0.289. The summed E-state index contributed by atoms with van der Waals surface area (Å²) < 4.78 is 0. The van der Waals surface area contributed by atoms with Crippen LogP contribution in [0.2, 0.25) is 0 Å². The third-order valence-corrected chi connectivity index (χ3v) is 2.73. The maximum absolute atomic E-state index is 12.2. The predicted molar refractivity (Wildman–Crippen MR) is 86.4 cm³/mol. The molecule has 0 saturated heterocycles. The van der Waals surface area contributed by atoms with Crippen molar-refractivity contribution in [1.29, 1.82) is 0 Å². The second-order valence-corrected chi connectivity index (χ2v) is 5.82. The fourth-order valence-corrected chi connectivity index (χ4v) is 1.90. The largest absolute Gasteiger partial charge is 0.334 e. The Kier molecular flexibility index (Phi) is 4.48. The Labute approximate surface area is 125 Å². The molecule has 2 aromatic carbocycles. The topological polar surface area (TPSA) is 44.4 Å². The molecule has 0 atom stereocenters. The lowest BCUT2D eigenvalue weighted by Crippen LogP contribution is -2.51. The summed E-state index contributed by atoms with van der Waals surface area (Å²) in [6, 6.07) is 19.2. The first-order valence-electron chi connectivity index (χ1n) is 6.95. The highest BCUT2D eigenvalue weighted by Crippen LogP contribution is 2.22. The van der Waals surface area contributed by atoms with Gasteiger partial charge in [-0.25, -0.2) is 10.2 Å². The van der Waals surface area contributed by atoms with Crippen LogP contribution in [-0.4, -0.2) is 11.6 Å². The van der Waals surface area contributed by atoms with Crippen molar-refractivity contribution < 1.29 is 4.79 Å². The van der Waals surface area contributed by atoms with E-state index < -0.39 is 0 Å². The van der Waals surface area contributed by atoms with Gasteiger partial charge in [0.15, 0.2) is 0 Å². The molecule has 0 aliphatic rings. The monoisotopic (exact) mass is 283 g/mol. The number of nitrogens with one attached hydrogen (secondary N) is 2. The molecule has 0 heterocycles. The van der Waals surface area contributed by atoms with E-state index in [1.54, 1.807) is 5.01 Å². The van der Waals surface area contributed by atoms with Crippen LogP contribution in [0.5, 0.6) is 0 Å². The van der Waals surface area contributed by atoms with Crippen LogP contribution in [0.3, 0.4) is 0 Å². The number of hydrogen-bond acceptors (Lipinski definition) is 2. The van der Waals surface area contributed by atoms with Gasteiger partial charge in [-0.2, -0.15) is 0 Å². The van der Waals surface area contributed by atoms with Crippen LogP contribution in [0.4, 0.5) is 16.2 Å². The third-order valence-electron chi connectivity index (χ3n) is 2.73. The number of hydrazine groups is 1. The molecular weight excluding hydrogens is 262 g/mol. The first-order chi connectivity index (χ1) is 9.96. The van der Waals surface area contributed by atoms with Crippen molar-refractivity contribution in [2.24, 2.45) is 0 Å². The molecule has 0 aromatic heterocycles. The maximum Gasteiger partial charge on any atom is 0.334 e. The second-order valence-electron chi connectivity index (χ2n) is 5.82. The summed E-state index contributed by atoms with van der Waals surface area (Å²) in [5.41, 5.74) is 4.39. The molecule has 2 rings (SSSR count). The first kappa shape index (κ1) is 14.9. The molecule has 0 aliphatic carbocycles. The van der Waals surface area contributed by atoms with Gasteiger partial charge in [-0.3, -0.25) is 5.01 Å². The van der Waals surface area contributed by atoms with Gasteiger partial charge in [0.2, 0.25) is 0 Å². The van der Waals surface area contributed by atoms with Crippen LogP contribution in [0, 0.1) is 0 Å². The quantitative estimate of drug-likeness (QED) is 0.841. The van der Waals surface area contributed by atoms with E-state index in [0.29, 0.717) is 0 Å². The van der Waals surface area contributed by atoms with Crippen LogP contribution in [0.15, 0.2) is 60.7 Å². The molecule has 0 spiro atoms. The zero-order valence-electron chi connectivity index (χ0n) is 12.6. The van der Waals surface area contributed by atoms with Crippen molar-refractivity contribution in [3.8, 4) is 0 Å². The zero-order valence-corrected chi connectivity index (χ0v) is 12.6. The van der Waals surface area contributed by atoms with Gasteiger partial charge in [-0.05, 0) is 45.0 Å². The van der Waals surface area contributed by atoms with Crippen molar-refractivity contribution in [1.82, 2.24) is 10.7 Å². The summed E-state index contributed by atoms with van der Waals surface area (Å²) >= 11 is 0. The van der Waals surface area contributed by atoms with Gasteiger partial charge in [-0.1, -0.05) is 36.4 Å². The van der Waals surface area contributed by atoms with Gasteiger partial charge in [0, 0.05) is 5.54 Å². The van der Waals surface area contributed by atoms with Crippen LogP contribution < -0.4 is 15.8 Å². The van der Waals surface area contributed by atoms with Gasteiger partial charge in [0.1, 0.15) is 0 Å². The molecule has 0 bridgehead atoms. The molecular formula is C17H21N3O. The van der Waals surface area contributed by atoms with Crippen molar-refractivity contribution in [2.45, 2.75) is 26.3 Å². The van der Waals surface area contributed by atoms with Gasteiger partial charge in [0.25, 0.3) is 0 Å². The maximum atomic E-state index is 12.2. The number of amides is 2. The highest BCUT2D eigenvalue weighted by atomic mass is 16.2. The molecule has 2 amide bonds. The highest BCUT2D eigenvalue weighted by Gasteiger charge is 2.17. The van der Waals surface area contributed by atoms with Gasteiger partial charge in [0.05, 0.1) is 11.4 Å². The third kappa shape index (κ3) is 4.53. The lowest BCUT2D eigenvalue weighted by molar-refractivity contribution is 0.232. The number of para-hydroxylation sites is 2. The molecule has 2 aromatic rings. The minimum Gasteiger partial charge on any atom is -0.332 e. The van der Waals surface area contributed by atoms with Crippen LogP contribution in [-0.2, 0) is 0 Å². The lowest BCUT2D eigenvalue weighted by Gasteiger charge is -2.28. The van der Waals surface area contributed by atoms with Crippen molar-refractivity contribution in [3.63, 3.8) is 0 Å².